The number of imidazole rings is 1. The van der Waals surface area contributed by atoms with E-state index < -0.39 is 4.92 Å². The Morgan fingerprint density at radius 1 is 1.15 bits per heavy atom. The van der Waals surface area contributed by atoms with Gasteiger partial charge in [0, 0.05) is 35.3 Å². The molecule has 4 rings (SSSR count). The zero-order chi connectivity index (χ0) is 19.0. The van der Waals surface area contributed by atoms with Gasteiger partial charge >= 0.3 is 0 Å². The number of carbonyl (C=O) groups is 1. The summed E-state index contributed by atoms with van der Waals surface area (Å²) in [7, 11) is 0. The molecule has 0 radical (unpaired) electrons. The van der Waals surface area contributed by atoms with Crippen LogP contribution < -0.4 is 5.32 Å². The average Bonchev–Trinajstić information content (AvgIpc) is 3.22. The number of aromatic nitrogens is 2. The summed E-state index contributed by atoms with van der Waals surface area (Å²) in [4.78, 5) is 28.7. The normalized spacial score (nSPS) is 10.9. The summed E-state index contributed by atoms with van der Waals surface area (Å²) < 4.78 is 1.90. The number of rotatable bonds is 4. The summed E-state index contributed by atoms with van der Waals surface area (Å²) >= 11 is 1.31. The lowest BCUT2D eigenvalue weighted by atomic mass is 10.2. The summed E-state index contributed by atoms with van der Waals surface area (Å²) in [5.74, 6) is -0.266. The lowest BCUT2D eigenvalue weighted by Crippen LogP contribution is -2.11. The van der Waals surface area contributed by atoms with Crippen molar-refractivity contribution >= 4 is 33.6 Å². The van der Waals surface area contributed by atoms with Crippen LogP contribution in [0.5, 0.6) is 0 Å². The fourth-order valence-electron chi connectivity index (χ4n) is 2.76. The van der Waals surface area contributed by atoms with E-state index in [-0.39, 0.29) is 11.6 Å². The van der Waals surface area contributed by atoms with Crippen LogP contribution in [-0.4, -0.2) is 20.2 Å². The highest BCUT2D eigenvalue weighted by atomic mass is 32.1. The van der Waals surface area contributed by atoms with E-state index in [0.717, 1.165) is 21.9 Å². The number of hydrogen-bond acceptors (Lipinski definition) is 5. The minimum absolute atomic E-state index is 0.0211. The van der Waals surface area contributed by atoms with E-state index in [2.05, 4.69) is 10.3 Å². The van der Waals surface area contributed by atoms with Crippen molar-refractivity contribution < 1.29 is 9.72 Å². The molecule has 0 bridgehead atoms. The van der Waals surface area contributed by atoms with Gasteiger partial charge in [-0.25, -0.2) is 4.98 Å². The average molecular weight is 378 g/mol. The predicted molar refractivity (Wildman–Crippen MR) is 104 cm³/mol. The van der Waals surface area contributed by atoms with Gasteiger partial charge in [-0.05, 0) is 19.1 Å². The zero-order valence-electron chi connectivity index (χ0n) is 14.2. The first-order valence-corrected chi connectivity index (χ1v) is 8.94. The summed E-state index contributed by atoms with van der Waals surface area (Å²) in [6.45, 7) is 1.87. The maximum absolute atomic E-state index is 12.6. The molecular weight excluding hydrogens is 364 g/mol. The van der Waals surface area contributed by atoms with E-state index in [0.29, 0.717) is 10.6 Å². The standard InChI is InChI=1S/C19H14N4O3S/c1-12-17(18(24)20-14-7-9-15(10-8-14)23(25)26)27-19-21-16(11-22(12)19)13-5-3-2-4-6-13/h2-11H,1H3,(H,20,24). The van der Waals surface area contributed by atoms with Crippen molar-refractivity contribution in [2.45, 2.75) is 6.92 Å². The van der Waals surface area contributed by atoms with Gasteiger partial charge in [-0.3, -0.25) is 19.3 Å². The molecule has 0 saturated carbocycles. The number of nitro groups is 1. The summed E-state index contributed by atoms with van der Waals surface area (Å²) in [6.07, 6.45) is 1.92. The van der Waals surface area contributed by atoms with Crippen LogP contribution in [0.25, 0.3) is 16.2 Å². The number of nitrogens with one attached hydrogen (secondary N) is 1. The summed E-state index contributed by atoms with van der Waals surface area (Å²) in [5, 5.41) is 13.5. The highest BCUT2D eigenvalue weighted by Crippen LogP contribution is 2.28. The molecule has 0 unspecified atom stereocenters. The molecule has 2 aromatic heterocycles. The zero-order valence-corrected chi connectivity index (χ0v) is 15.1. The molecule has 0 aliphatic heterocycles. The van der Waals surface area contributed by atoms with Gasteiger partial charge < -0.3 is 5.32 Å². The first-order valence-electron chi connectivity index (χ1n) is 8.12. The van der Waals surface area contributed by atoms with Crippen molar-refractivity contribution in [1.29, 1.82) is 0 Å². The number of aryl methyl sites for hydroxylation is 1. The first kappa shape index (κ1) is 16.9. The predicted octanol–water partition coefficient (Wildman–Crippen LogP) is 4.53. The third kappa shape index (κ3) is 3.18. The van der Waals surface area contributed by atoms with E-state index in [1.165, 1.54) is 35.6 Å². The maximum atomic E-state index is 12.6. The van der Waals surface area contributed by atoms with Gasteiger partial charge in [0.05, 0.1) is 10.6 Å². The van der Waals surface area contributed by atoms with E-state index >= 15 is 0 Å². The first-order chi connectivity index (χ1) is 13.0. The lowest BCUT2D eigenvalue weighted by Gasteiger charge is -2.04. The molecule has 0 aliphatic rings. The topological polar surface area (TPSA) is 89.5 Å². The van der Waals surface area contributed by atoms with Crippen LogP contribution in [0, 0.1) is 17.0 Å². The van der Waals surface area contributed by atoms with Crippen LogP contribution in [0.1, 0.15) is 15.4 Å². The maximum Gasteiger partial charge on any atom is 0.269 e. The molecule has 1 N–H and O–H groups in total. The van der Waals surface area contributed by atoms with Crippen molar-refractivity contribution in [2.24, 2.45) is 0 Å². The molecule has 0 atom stereocenters. The molecule has 2 aromatic carbocycles. The Balaban J connectivity index is 1.60. The fraction of sp³-hybridized carbons (Fsp3) is 0.0526. The third-order valence-electron chi connectivity index (χ3n) is 4.17. The summed E-state index contributed by atoms with van der Waals surface area (Å²) in [5.41, 5.74) is 3.15. The second-order valence-electron chi connectivity index (χ2n) is 5.92. The van der Waals surface area contributed by atoms with E-state index in [1.54, 1.807) is 0 Å². The number of nitro benzene ring substituents is 1. The number of thiazole rings is 1. The van der Waals surface area contributed by atoms with Crippen LogP contribution >= 0.6 is 11.3 Å². The van der Waals surface area contributed by atoms with Gasteiger partial charge in [0.25, 0.3) is 11.6 Å². The van der Waals surface area contributed by atoms with Crippen LogP contribution in [0.4, 0.5) is 11.4 Å². The molecule has 134 valence electrons. The van der Waals surface area contributed by atoms with Gasteiger partial charge in [0.15, 0.2) is 4.96 Å². The van der Waals surface area contributed by atoms with Crippen molar-refractivity contribution in [3.05, 3.63) is 81.5 Å². The number of amides is 1. The lowest BCUT2D eigenvalue weighted by molar-refractivity contribution is -0.384. The van der Waals surface area contributed by atoms with Gasteiger partial charge in [-0.1, -0.05) is 41.7 Å². The molecule has 2 heterocycles. The Morgan fingerprint density at radius 3 is 2.48 bits per heavy atom. The molecule has 0 aliphatic carbocycles. The number of anilines is 1. The largest absolute Gasteiger partial charge is 0.321 e. The molecule has 0 saturated heterocycles. The monoisotopic (exact) mass is 378 g/mol. The molecule has 7 nitrogen and oxygen atoms in total. The number of nitrogens with zero attached hydrogens (tertiary/aromatic N) is 3. The van der Waals surface area contributed by atoms with Crippen LogP contribution in [0.15, 0.2) is 60.8 Å². The minimum Gasteiger partial charge on any atom is -0.321 e. The number of carbonyl (C=O) groups excluding carboxylic acids is 1. The van der Waals surface area contributed by atoms with Crippen molar-refractivity contribution in [1.82, 2.24) is 9.38 Å². The second kappa shape index (κ2) is 6.65. The van der Waals surface area contributed by atoms with Crippen molar-refractivity contribution in [2.75, 3.05) is 5.32 Å². The molecular formula is C19H14N4O3S. The molecule has 0 spiro atoms. The van der Waals surface area contributed by atoms with E-state index in [1.807, 2.05) is 47.9 Å². The number of hydrogen-bond donors (Lipinski definition) is 1. The SMILES string of the molecule is Cc1c(C(=O)Nc2ccc([N+](=O)[O-])cc2)sc2nc(-c3ccccc3)cn12. The molecule has 27 heavy (non-hydrogen) atoms. The third-order valence-corrected chi connectivity index (χ3v) is 5.32. The van der Waals surface area contributed by atoms with Crippen molar-refractivity contribution in [3.63, 3.8) is 0 Å². The second-order valence-corrected chi connectivity index (χ2v) is 6.90. The number of fused-ring (bicyclic) bond motifs is 1. The molecule has 0 fully saturated rings. The Bertz CT molecular complexity index is 1150. The van der Waals surface area contributed by atoms with Gasteiger partial charge in [-0.2, -0.15) is 0 Å². The smallest absolute Gasteiger partial charge is 0.269 e. The Labute approximate surface area is 158 Å². The van der Waals surface area contributed by atoms with Crippen molar-refractivity contribution in [3.8, 4) is 11.3 Å². The van der Waals surface area contributed by atoms with Crippen LogP contribution in [-0.2, 0) is 0 Å². The Kier molecular flexibility index (Phi) is 4.17. The number of non-ortho nitro benzene ring substituents is 1. The van der Waals surface area contributed by atoms with Gasteiger partial charge in [0.1, 0.15) is 4.88 Å². The molecule has 1 amide bonds. The Hall–Kier alpha value is -3.52. The molecule has 4 aromatic rings. The van der Waals surface area contributed by atoms with Gasteiger partial charge in [0.2, 0.25) is 0 Å². The number of benzene rings is 2. The quantitative estimate of drug-likeness (QED) is 0.417. The minimum atomic E-state index is -0.478. The van der Waals surface area contributed by atoms with Gasteiger partial charge in [-0.15, -0.1) is 0 Å². The van der Waals surface area contributed by atoms with Crippen LogP contribution in [0.2, 0.25) is 0 Å². The Morgan fingerprint density at radius 2 is 1.85 bits per heavy atom. The van der Waals surface area contributed by atoms with Crippen LogP contribution in [0.3, 0.4) is 0 Å². The fourth-order valence-corrected chi connectivity index (χ4v) is 3.77. The highest BCUT2D eigenvalue weighted by molar-refractivity contribution is 7.19. The molecule has 8 heteroatoms. The highest BCUT2D eigenvalue weighted by Gasteiger charge is 2.18. The summed E-state index contributed by atoms with van der Waals surface area (Å²) in [6, 6.07) is 15.6. The van der Waals surface area contributed by atoms with E-state index in [9.17, 15) is 14.9 Å². The van der Waals surface area contributed by atoms with E-state index in [4.69, 9.17) is 0 Å².